The summed E-state index contributed by atoms with van der Waals surface area (Å²) in [7, 11) is 2.76. The van der Waals surface area contributed by atoms with E-state index in [-0.39, 0.29) is 28.6 Å². The molecule has 0 bridgehead atoms. The first-order valence-electron chi connectivity index (χ1n) is 6.57. The van der Waals surface area contributed by atoms with Gasteiger partial charge in [0.2, 0.25) is 5.91 Å². The highest BCUT2D eigenvalue weighted by molar-refractivity contribution is 5.93. The quantitative estimate of drug-likeness (QED) is 0.665. The van der Waals surface area contributed by atoms with Crippen LogP contribution in [0.3, 0.4) is 0 Å². The van der Waals surface area contributed by atoms with Gasteiger partial charge in [-0.2, -0.15) is 0 Å². The fraction of sp³-hybridized carbons (Fsp3) is 0.125. The second-order valence-corrected chi connectivity index (χ2v) is 4.44. The van der Waals surface area contributed by atoms with Crippen molar-refractivity contribution in [3.8, 4) is 23.0 Å². The Kier molecular flexibility index (Phi) is 6.42. The Labute approximate surface area is 137 Å². The van der Waals surface area contributed by atoms with Gasteiger partial charge < -0.3 is 30.5 Å². The second-order valence-electron chi connectivity index (χ2n) is 4.44. The lowest BCUT2D eigenvalue weighted by molar-refractivity contribution is 0.0696. The van der Waals surface area contributed by atoms with Crippen LogP contribution in [0.5, 0.6) is 23.0 Å². The van der Waals surface area contributed by atoms with Gasteiger partial charge in [0, 0.05) is 5.56 Å². The van der Waals surface area contributed by atoms with E-state index in [4.69, 9.17) is 30.5 Å². The minimum Gasteiger partial charge on any atom is -0.504 e. The highest BCUT2D eigenvalue weighted by Gasteiger charge is 2.07. The predicted molar refractivity (Wildman–Crippen MR) is 84.8 cm³/mol. The van der Waals surface area contributed by atoms with Gasteiger partial charge in [0.15, 0.2) is 23.0 Å². The molecule has 0 heterocycles. The minimum atomic E-state index is -1.05. The molecule has 2 aromatic rings. The predicted octanol–water partition coefficient (Wildman–Crippen LogP) is 1.60. The molecular weight excluding hydrogens is 318 g/mol. The summed E-state index contributed by atoms with van der Waals surface area (Å²) in [5, 5.41) is 26.8. The third-order valence-corrected chi connectivity index (χ3v) is 2.89. The lowest BCUT2D eigenvalue weighted by Gasteiger charge is -2.03. The molecule has 0 unspecified atom stereocenters. The summed E-state index contributed by atoms with van der Waals surface area (Å²) in [4.78, 5) is 21.1. The van der Waals surface area contributed by atoms with Crippen LogP contribution < -0.4 is 15.2 Å². The van der Waals surface area contributed by atoms with Crippen LogP contribution in [0.1, 0.15) is 20.7 Å². The van der Waals surface area contributed by atoms with Crippen LogP contribution in [-0.2, 0) is 0 Å². The summed E-state index contributed by atoms with van der Waals surface area (Å²) in [5.74, 6) is -1.27. The number of carboxylic acids is 1. The third-order valence-electron chi connectivity index (χ3n) is 2.89. The molecule has 0 aromatic heterocycles. The number of methoxy groups -OCH3 is 2. The van der Waals surface area contributed by atoms with Crippen molar-refractivity contribution < 1.29 is 34.4 Å². The van der Waals surface area contributed by atoms with Crippen LogP contribution in [0.4, 0.5) is 0 Å². The SMILES string of the molecule is COc1cc(C(=O)O)ccc1O.COc1cc(C(N)=O)ccc1O. The van der Waals surface area contributed by atoms with Gasteiger partial charge in [-0.15, -0.1) is 0 Å². The van der Waals surface area contributed by atoms with E-state index in [1.54, 1.807) is 0 Å². The molecule has 0 aliphatic carbocycles. The van der Waals surface area contributed by atoms with E-state index < -0.39 is 11.9 Å². The fourth-order valence-electron chi connectivity index (χ4n) is 1.64. The van der Waals surface area contributed by atoms with Crippen molar-refractivity contribution in [3.05, 3.63) is 47.5 Å². The van der Waals surface area contributed by atoms with Gasteiger partial charge in [-0.1, -0.05) is 0 Å². The summed E-state index contributed by atoms with van der Waals surface area (Å²) in [6.45, 7) is 0. The number of hydrogen-bond acceptors (Lipinski definition) is 6. The van der Waals surface area contributed by atoms with E-state index in [0.29, 0.717) is 5.56 Å². The molecule has 0 fully saturated rings. The Balaban J connectivity index is 0.000000240. The average Bonchev–Trinajstić information content (AvgIpc) is 2.55. The van der Waals surface area contributed by atoms with Gasteiger partial charge in [-0.25, -0.2) is 4.79 Å². The number of rotatable bonds is 4. The number of ether oxygens (including phenoxy) is 2. The van der Waals surface area contributed by atoms with Crippen LogP contribution in [0.15, 0.2) is 36.4 Å². The molecule has 5 N–H and O–H groups in total. The molecule has 0 aliphatic heterocycles. The number of carbonyl (C=O) groups excluding carboxylic acids is 1. The van der Waals surface area contributed by atoms with Crippen LogP contribution >= 0.6 is 0 Å². The number of nitrogens with two attached hydrogens (primary N) is 1. The Bertz CT molecular complexity index is 680. The summed E-state index contributed by atoms with van der Waals surface area (Å²) in [6.07, 6.45) is 0. The first kappa shape index (κ1) is 18.6. The number of amides is 1. The topological polar surface area (TPSA) is 139 Å². The first-order chi connectivity index (χ1) is 11.3. The van der Waals surface area contributed by atoms with Crippen LogP contribution in [0, 0.1) is 0 Å². The van der Waals surface area contributed by atoms with Crippen LogP contribution in [-0.4, -0.2) is 41.4 Å². The van der Waals surface area contributed by atoms with Gasteiger partial charge >= 0.3 is 5.97 Å². The number of hydrogen-bond donors (Lipinski definition) is 4. The molecule has 8 nitrogen and oxygen atoms in total. The zero-order valence-electron chi connectivity index (χ0n) is 13.0. The number of benzene rings is 2. The molecule has 0 radical (unpaired) electrons. The molecule has 0 spiro atoms. The number of primary amides is 1. The van der Waals surface area contributed by atoms with Crippen molar-refractivity contribution in [2.45, 2.75) is 0 Å². The van der Waals surface area contributed by atoms with Gasteiger partial charge in [-0.05, 0) is 36.4 Å². The zero-order valence-corrected chi connectivity index (χ0v) is 13.0. The lowest BCUT2D eigenvalue weighted by atomic mass is 10.2. The maximum absolute atomic E-state index is 10.7. The molecule has 24 heavy (non-hydrogen) atoms. The number of carboxylic acid groups (broad SMARTS) is 1. The highest BCUT2D eigenvalue weighted by atomic mass is 16.5. The monoisotopic (exact) mass is 335 g/mol. The maximum Gasteiger partial charge on any atom is 0.335 e. The van der Waals surface area contributed by atoms with Gasteiger partial charge in [0.25, 0.3) is 0 Å². The van der Waals surface area contributed by atoms with Gasteiger partial charge in [0.1, 0.15) is 0 Å². The Morgan fingerprint density at radius 1 is 0.875 bits per heavy atom. The maximum atomic E-state index is 10.7. The average molecular weight is 335 g/mol. The normalized spacial score (nSPS) is 9.42. The summed E-state index contributed by atoms with van der Waals surface area (Å²) in [5.41, 5.74) is 5.41. The van der Waals surface area contributed by atoms with Crippen molar-refractivity contribution in [2.75, 3.05) is 14.2 Å². The van der Waals surface area contributed by atoms with Crippen molar-refractivity contribution in [3.63, 3.8) is 0 Å². The Morgan fingerprint density at radius 2 is 1.29 bits per heavy atom. The van der Waals surface area contributed by atoms with E-state index in [0.717, 1.165) is 0 Å². The molecule has 0 atom stereocenters. The third kappa shape index (κ3) is 4.80. The molecule has 128 valence electrons. The molecule has 8 heteroatoms. The van der Waals surface area contributed by atoms with E-state index >= 15 is 0 Å². The van der Waals surface area contributed by atoms with Gasteiger partial charge in [0.05, 0.1) is 19.8 Å². The number of carbonyl (C=O) groups is 2. The van der Waals surface area contributed by atoms with Crippen molar-refractivity contribution >= 4 is 11.9 Å². The van der Waals surface area contributed by atoms with Crippen LogP contribution in [0.25, 0.3) is 0 Å². The Morgan fingerprint density at radius 3 is 1.67 bits per heavy atom. The molecule has 0 saturated carbocycles. The second kappa shape index (κ2) is 8.28. The largest absolute Gasteiger partial charge is 0.504 e. The van der Waals surface area contributed by atoms with E-state index in [9.17, 15) is 9.59 Å². The fourth-order valence-corrected chi connectivity index (χ4v) is 1.64. The first-order valence-corrected chi connectivity index (χ1v) is 6.57. The number of phenols is 2. The smallest absolute Gasteiger partial charge is 0.335 e. The summed E-state index contributed by atoms with van der Waals surface area (Å²) >= 11 is 0. The molecular formula is C16H17NO7. The number of aromatic hydroxyl groups is 2. The standard InChI is InChI=1S/C8H9NO3.C8H8O4/c1-12-7-4-5(8(9)11)2-3-6(7)10;1-12-7-4-5(8(10)11)2-3-6(7)9/h2-4,10H,1H3,(H2,9,11);2-4,9H,1H3,(H,10,11). The zero-order chi connectivity index (χ0) is 18.3. The summed E-state index contributed by atoms with van der Waals surface area (Å²) in [6, 6.07) is 8.02. The van der Waals surface area contributed by atoms with E-state index in [1.165, 1.54) is 50.6 Å². The molecule has 2 aromatic carbocycles. The van der Waals surface area contributed by atoms with Crippen molar-refractivity contribution in [1.82, 2.24) is 0 Å². The molecule has 0 aliphatic rings. The van der Waals surface area contributed by atoms with E-state index in [1.807, 2.05) is 0 Å². The number of aromatic carboxylic acids is 1. The molecule has 2 rings (SSSR count). The number of phenolic OH excluding ortho intramolecular Hbond substituents is 2. The van der Waals surface area contributed by atoms with E-state index in [2.05, 4.69) is 0 Å². The van der Waals surface area contributed by atoms with Crippen molar-refractivity contribution in [1.29, 1.82) is 0 Å². The van der Waals surface area contributed by atoms with Crippen LogP contribution in [0.2, 0.25) is 0 Å². The van der Waals surface area contributed by atoms with Gasteiger partial charge in [-0.3, -0.25) is 4.79 Å². The lowest BCUT2D eigenvalue weighted by Crippen LogP contribution is -2.10. The minimum absolute atomic E-state index is 0.0116. The summed E-state index contributed by atoms with van der Waals surface area (Å²) < 4.78 is 9.50. The highest BCUT2D eigenvalue weighted by Crippen LogP contribution is 2.26. The Hall–Kier alpha value is -3.42. The van der Waals surface area contributed by atoms with Crippen molar-refractivity contribution in [2.24, 2.45) is 5.73 Å². The molecule has 0 saturated heterocycles. The molecule has 1 amide bonds.